The molecule has 0 aliphatic rings. The van der Waals surface area contributed by atoms with E-state index in [1.165, 1.54) is 82.7 Å². The highest BCUT2D eigenvalue weighted by Crippen LogP contribution is 2.29. The first-order valence-corrected chi connectivity index (χ1v) is 23.2. The van der Waals surface area contributed by atoms with Crippen molar-refractivity contribution in [3.63, 3.8) is 0 Å². The van der Waals surface area contributed by atoms with Crippen LogP contribution in [0.25, 0.3) is 0 Å². The number of methoxy groups -OCH3 is 2. The number of nitrogens with one attached hydrogen (secondary N) is 4. The average molecular weight is 1040 g/mol. The Labute approximate surface area is 422 Å². The predicted octanol–water partition coefficient (Wildman–Crippen LogP) is 11.2. The lowest BCUT2D eigenvalue weighted by atomic mass is 10.1. The number of ketones is 2. The highest BCUT2D eigenvalue weighted by atomic mass is 35.5. The summed E-state index contributed by atoms with van der Waals surface area (Å²) < 4.78 is 10.7. The van der Waals surface area contributed by atoms with Gasteiger partial charge in [0, 0.05) is 61.6 Å². The van der Waals surface area contributed by atoms with Crippen LogP contribution >= 0.6 is 58.0 Å². The number of halogens is 5. The van der Waals surface area contributed by atoms with Crippen LogP contribution in [0.2, 0.25) is 10.0 Å². The zero-order chi connectivity index (χ0) is 50.2. The number of ether oxygens (including phenoxy) is 2. The van der Waals surface area contributed by atoms with Gasteiger partial charge in [-0.25, -0.2) is 0 Å². The summed E-state index contributed by atoms with van der Waals surface area (Å²) in [5, 5.41) is 27.3. The maximum absolute atomic E-state index is 13.5. The van der Waals surface area contributed by atoms with Gasteiger partial charge in [-0.05, 0) is 141 Å². The standard InChI is InChI=1S/C48H45Cl5N8O8/c1-26(62)43(60-58-38-22-31(17-33(52)24-38)45(64)54-36-6-9-41(68-3)29(20-36)12-15-50)47(66)56-35-5-8-40(28(19-35)11-14-49)57-48(67)44(27(2)63)61-59-39-23-32(18-34(53)25-39)46(65)55-37-7-10-42(69-4)30(21-37)13-16-51/h5-10,17-25,43-44H,11-16H2,1-4H3,(H,54,64)(H,55,65)(H,56,66)(H,57,67). The van der Waals surface area contributed by atoms with Crippen molar-refractivity contribution in [2.75, 3.05) is 53.1 Å². The minimum atomic E-state index is -1.61. The lowest BCUT2D eigenvalue weighted by Gasteiger charge is -2.15. The van der Waals surface area contributed by atoms with Crippen LogP contribution in [0, 0.1) is 0 Å². The summed E-state index contributed by atoms with van der Waals surface area (Å²) in [5.41, 5.74) is 3.97. The van der Waals surface area contributed by atoms with Gasteiger partial charge in [-0.2, -0.15) is 20.5 Å². The third-order valence-electron chi connectivity index (χ3n) is 9.93. The normalized spacial score (nSPS) is 12.0. The van der Waals surface area contributed by atoms with Crippen molar-refractivity contribution in [2.45, 2.75) is 45.2 Å². The molecule has 0 aliphatic carbocycles. The van der Waals surface area contributed by atoms with Crippen LogP contribution in [-0.2, 0) is 38.4 Å². The first-order valence-electron chi connectivity index (χ1n) is 20.9. The SMILES string of the molecule is COc1ccc(NC(=O)c2cc(Cl)cc(N=NC(C(C)=O)C(=O)Nc3ccc(NC(=O)C(N=Nc4cc(Cl)cc(C(=O)Nc5ccc(OC)c(CCCl)c5)c4)C(C)=O)c(CCCl)c3)c2)cc1CCCl. The first kappa shape index (κ1) is 53.5. The van der Waals surface area contributed by atoms with E-state index in [0.717, 1.165) is 11.1 Å². The van der Waals surface area contributed by atoms with Crippen molar-refractivity contribution in [3.05, 3.63) is 129 Å². The molecule has 21 heteroatoms. The lowest BCUT2D eigenvalue weighted by Crippen LogP contribution is -2.32. The molecule has 0 aromatic heterocycles. The maximum Gasteiger partial charge on any atom is 0.258 e. The van der Waals surface area contributed by atoms with Gasteiger partial charge in [-0.1, -0.05) is 23.2 Å². The molecular weight excluding hydrogens is 994 g/mol. The highest BCUT2D eigenvalue weighted by Gasteiger charge is 2.26. The zero-order valence-electron chi connectivity index (χ0n) is 37.5. The Kier molecular flexibility index (Phi) is 20.0. The van der Waals surface area contributed by atoms with E-state index in [0.29, 0.717) is 53.0 Å². The third kappa shape index (κ3) is 15.3. The fourth-order valence-electron chi connectivity index (χ4n) is 6.64. The molecule has 0 aliphatic heterocycles. The number of carbonyl (C=O) groups excluding carboxylic acids is 6. The molecule has 4 amide bonds. The first-order chi connectivity index (χ1) is 33.0. The minimum absolute atomic E-state index is 0.0958. The van der Waals surface area contributed by atoms with Crippen LogP contribution in [0.1, 0.15) is 51.3 Å². The number of azo groups is 2. The molecule has 0 bridgehead atoms. The van der Waals surface area contributed by atoms with E-state index in [-0.39, 0.29) is 56.2 Å². The van der Waals surface area contributed by atoms with Crippen LogP contribution < -0.4 is 30.7 Å². The van der Waals surface area contributed by atoms with Gasteiger partial charge in [0.05, 0.1) is 25.6 Å². The number of alkyl halides is 3. The Morgan fingerprint density at radius 1 is 0.507 bits per heavy atom. The number of amides is 4. The minimum Gasteiger partial charge on any atom is -0.496 e. The second-order valence-corrected chi connectivity index (χ2v) is 17.0. The van der Waals surface area contributed by atoms with Crippen LogP contribution in [0.5, 0.6) is 11.5 Å². The summed E-state index contributed by atoms with van der Waals surface area (Å²) in [4.78, 5) is 78.9. The largest absolute Gasteiger partial charge is 0.496 e. The van der Waals surface area contributed by atoms with Crippen molar-refractivity contribution in [3.8, 4) is 11.5 Å². The zero-order valence-corrected chi connectivity index (χ0v) is 41.3. The molecule has 2 unspecified atom stereocenters. The van der Waals surface area contributed by atoms with Crippen molar-refractivity contribution in [1.82, 2.24) is 0 Å². The molecule has 360 valence electrons. The van der Waals surface area contributed by atoms with Crippen LogP contribution in [0.4, 0.5) is 34.1 Å². The summed E-state index contributed by atoms with van der Waals surface area (Å²) in [6, 6.07) is 20.0. The molecule has 0 heterocycles. The smallest absolute Gasteiger partial charge is 0.258 e. The van der Waals surface area contributed by atoms with Gasteiger partial charge < -0.3 is 30.7 Å². The molecule has 0 saturated carbocycles. The predicted molar refractivity (Wildman–Crippen MR) is 270 cm³/mol. The monoisotopic (exact) mass is 1040 g/mol. The summed E-state index contributed by atoms with van der Waals surface area (Å²) >= 11 is 30.6. The summed E-state index contributed by atoms with van der Waals surface area (Å²) in [5.74, 6) is -1.91. The number of hydrogen-bond donors (Lipinski definition) is 4. The summed E-state index contributed by atoms with van der Waals surface area (Å²) in [6.07, 6.45) is 1.24. The molecular formula is C48H45Cl5N8O8. The summed E-state index contributed by atoms with van der Waals surface area (Å²) in [7, 11) is 3.07. The molecule has 4 N–H and O–H groups in total. The number of rotatable bonds is 22. The molecule has 5 rings (SSSR count). The molecule has 5 aromatic rings. The van der Waals surface area contributed by atoms with Gasteiger partial charge >= 0.3 is 0 Å². The van der Waals surface area contributed by atoms with Gasteiger partial charge in [-0.15, -0.1) is 34.8 Å². The second-order valence-electron chi connectivity index (χ2n) is 15.0. The molecule has 0 saturated heterocycles. The molecule has 0 spiro atoms. The average Bonchev–Trinajstić information content (AvgIpc) is 3.30. The van der Waals surface area contributed by atoms with Crippen LogP contribution in [0.3, 0.4) is 0 Å². The van der Waals surface area contributed by atoms with Crippen LogP contribution in [0.15, 0.2) is 111 Å². The van der Waals surface area contributed by atoms with E-state index in [2.05, 4.69) is 41.7 Å². The maximum atomic E-state index is 13.5. The Balaban J connectivity index is 1.27. The molecule has 0 radical (unpaired) electrons. The van der Waals surface area contributed by atoms with E-state index >= 15 is 0 Å². The van der Waals surface area contributed by atoms with Crippen molar-refractivity contribution < 1.29 is 38.2 Å². The van der Waals surface area contributed by atoms with E-state index in [9.17, 15) is 28.8 Å². The van der Waals surface area contributed by atoms with Crippen molar-refractivity contribution in [1.29, 1.82) is 0 Å². The van der Waals surface area contributed by atoms with Crippen LogP contribution in [-0.4, -0.2) is 79.1 Å². The lowest BCUT2D eigenvalue weighted by molar-refractivity contribution is -0.127. The number of nitrogens with zero attached hydrogens (tertiary/aromatic N) is 4. The van der Waals surface area contributed by atoms with E-state index < -0.39 is 47.3 Å². The van der Waals surface area contributed by atoms with Gasteiger partial charge in [0.15, 0.2) is 11.6 Å². The molecule has 5 aromatic carbocycles. The van der Waals surface area contributed by atoms with Gasteiger partial charge in [0.1, 0.15) is 11.5 Å². The number of aryl methyl sites for hydroxylation is 3. The van der Waals surface area contributed by atoms with E-state index in [1.807, 2.05) is 0 Å². The molecule has 0 fully saturated rings. The van der Waals surface area contributed by atoms with E-state index in [4.69, 9.17) is 67.5 Å². The Bertz CT molecular complexity index is 2810. The fraction of sp³-hybridized carbons (Fsp3) is 0.250. The third-order valence-corrected chi connectivity index (χ3v) is 10.9. The number of hydrogen-bond acceptors (Lipinski definition) is 12. The summed E-state index contributed by atoms with van der Waals surface area (Å²) in [6.45, 7) is 2.33. The Morgan fingerprint density at radius 3 is 1.32 bits per heavy atom. The number of carbonyl (C=O) groups is 6. The Hall–Kier alpha value is -6.43. The highest BCUT2D eigenvalue weighted by molar-refractivity contribution is 6.32. The number of Topliss-reactive ketones (excluding diaryl/α,β-unsaturated/α-hetero) is 2. The topological polar surface area (TPSA) is 218 Å². The van der Waals surface area contributed by atoms with Crippen molar-refractivity contribution in [2.24, 2.45) is 20.5 Å². The number of benzene rings is 5. The van der Waals surface area contributed by atoms with Gasteiger partial charge in [0.25, 0.3) is 23.6 Å². The quantitative estimate of drug-likeness (QED) is 0.0296. The molecule has 16 nitrogen and oxygen atoms in total. The van der Waals surface area contributed by atoms with Gasteiger partial charge in [0.2, 0.25) is 12.1 Å². The molecule has 2 atom stereocenters. The van der Waals surface area contributed by atoms with E-state index in [1.54, 1.807) is 36.4 Å². The Morgan fingerprint density at radius 2 is 0.899 bits per heavy atom. The van der Waals surface area contributed by atoms with Gasteiger partial charge in [-0.3, -0.25) is 28.8 Å². The second kappa shape index (κ2) is 25.8. The molecule has 69 heavy (non-hydrogen) atoms. The fourth-order valence-corrected chi connectivity index (χ4v) is 7.71. The van der Waals surface area contributed by atoms with Crippen molar-refractivity contribution >= 4 is 127 Å². The number of anilines is 4.